The maximum atomic E-state index is 11.8. The molecule has 0 saturated carbocycles. The van der Waals surface area contributed by atoms with Crippen molar-refractivity contribution in [3.8, 4) is 11.8 Å². The zero-order chi connectivity index (χ0) is 14.7. The van der Waals surface area contributed by atoms with Crippen molar-refractivity contribution >= 4 is 5.97 Å². The van der Waals surface area contributed by atoms with Gasteiger partial charge in [-0.3, -0.25) is 0 Å². The molecule has 1 heterocycles. The van der Waals surface area contributed by atoms with Crippen LogP contribution in [0.5, 0.6) is 0 Å². The Labute approximate surface area is 118 Å². The van der Waals surface area contributed by atoms with Crippen molar-refractivity contribution in [2.75, 3.05) is 0 Å². The summed E-state index contributed by atoms with van der Waals surface area (Å²) in [4.78, 5) is 11.8. The van der Waals surface area contributed by atoms with E-state index in [-0.39, 0.29) is 0 Å². The SMILES string of the molecule is Cc1ccc(C)n1-c1ccc(C(=O)O[C@@H](C)C#N)cc1. The molecule has 0 aliphatic heterocycles. The van der Waals surface area contributed by atoms with Gasteiger partial charge in [0.05, 0.1) is 5.56 Å². The van der Waals surface area contributed by atoms with Gasteiger partial charge in [-0.05, 0) is 57.2 Å². The predicted molar refractivity (Wildman–Crippen MR) is 75.7 cm³/mol. The zero-order valence-corrected chi connectivity index (χ0v) is 11.8. The molecular weight excluding hydrogens is 252 g/mol. The molecule has 4 heteroatoms. The van der Waals surface area contributed by atoms with E-state index in [1.807, 2.05) is 44.2 Å². The number of hydrogen-bond donors (Lipinski definition) is 0. The second kappa shape index (κ2) is 5.62. The van der Waals surface area contributed by atoms with Crippen molar-refractivity contribution in [3.05, 3.63) is 53.3 Å². The van der Waals surface area contributed by atoms with Crippen LogP contribution in [0.25, 0.3) is 5.69 Å². The average Bonchev–Trinajstić information content (AvgIpc) is 2.78. The summed E-state index contributed by atoms with van der Waals surface area (Å²) >= 11 is 0. The highest BCUT2D eigenvalue weighted by atomic mass is 16.5. The minimum Gasteiger partial charge on any atom is -0.444 e. The summed E-state index contributed by atoms with van der Waals surface area (Å²) in [6.45, 7) is 5.60. The van der Waals surface area contributed by atoms with Crippen LogP contribution in [0.2, 0.25) is 0 Å². The largest absolute Gasteiger partial charge is 0.444 e. The lowest BCUT2D eigenvalue weighted by Gasteiger charge is -2.10. The third-order valence-electron chi connectivity index (χ3n) is 3.10. The van der Waals surface area contributed by atoms with E-state index in [1.165, 1.54) is 0 Å². The molecule has 0 aliphatic carbocycles. The molecule has 0 aliphatic rings. The number of nitrogens with zero attached hydrogens (tertiary/aromatic N) is 2. The van der Waals surface area contributed by atoms with Crippen LogP contribution in [0.4, 0.5) is 0 Å². The summed E-state index contributed by atoms with van der Waals surface area (Å²) in [5, 5.41) is 8.63. The molecule has 2 rings (SSSR count). The molecule has 0 fully saturated rings. The third kappa shape index (κ3) is 2.72. The third-order valence-corrected chi connectivity index (χ3v) is 3.10. The summed E-state index contributed by atoms with van der Waals surface area (Å²) < 4.78 is 7.06. The molecule has 0 unspecified atom stereocenters. The highest BCUT2D eigenvalue weighted by Crippen LogP contribution is 2.17. The van der Waals surface area contributed by atoms with Gasteiger partial charge < -0.3 is 9.30 Å². The average molecular weight is 268 g/mol. The van der Waals surface area contributed by atoms with Gasteiger partial charge in [0.1, 0.15) is 6.07 Å². The van der Waals surface area contributed by atoms with Gasteiger partial charge in [0.2, 0.25) is 0 Å². The monoisotopic (exact) mass is 268 g/mol. The highest BCUT2D eigenvalue weighted by molar-refractivity contribution is 5.89. The van der Waals surface area contributed by atoms with Crippen molar-refractivity contribution in [2.45, 2.75) is 26.9 Å². The summed E-state index contributed by atoms with van der Waals surface area (Å²) in [6.07, 6.45) is -0.740. The van der Waals surface area contributed by atoms with Crippen molar-refractivity contribution in [1.29, 1.82) is 5.26 Å². The first-order valence-corrected chi connectivity index (χ1v) is 6.39. The first-order valence-electron chi connectivity index (χ1n) is 6.39. The number of carbonyl (C=O) groups is 1. The van der Waals surface area contributed by atoms with Gasteiger partial charge in [-0.15, -0.1) is 0 Å². The summed E-state index contributed by atoms with van der Waals surface area (Å²) in [5.74, 6) is -0.480. The van der Waals surface area contributed by atoms with Crippen LogP contribution < -0.4 is 0 Å². The molecule has 0 N–H and O–H groups in total. The zero-order valence-electron chi connectivity index (χ0n) is 11.8. The summed E-state index contributed by atoms with van der Waals surface area (Å²) in [7, 11) is 0. The molecule has 0 saturated heterocycles. The van der Waals surface area contributed by atoms with E-state index in [9.17, 15) is 4.79 Å². The van der Waals surface area contributed by atoms with Gasteiger partial charge in [-0.2, -0.15) is 5.26 Å². The van der Waals surface area contributed by atoms with Crippen LogP contribution in [0, 0.1) is 25.2 Å². The van der Waals surface area contributed by atoms with E-state index in [0.717, 1.165) is 17.1 Å². The lowest BCUT2D eigenvalue weighted by molar-refractivity contribution is 0.0435. The fourth-order valence-electron chi connectivity index (χ4n) is 2.08. The Balaban J connectivity index is 2.23. The minimum absolute atomic E-state index is 0.443. The first-order chi connectivity index (χ1) is 9.52. The number of esters is 1. The molecule has 20 heavy (non-hydrogen) atoms. The Morgan fingerprint density at radius 3 is 2.20 bits per heavy atom. The molecule has 2 aromatic rings. The maximum absolute atomic E-state index is 11.8. The molecule has 4 nitrogen and oxygen atoms in total. The number of aromatic nitrogens is 1. The summed E-state index contributed by atoms with van der Waals surface area (Å²) in [5.41, 5.74) is 3.71. The number of benzene rings is 1. The number of ether oxygens (including phenoxy) is 1. The lowest BCUT2D eigenvalue weighted by atomic mass is 10.2. The van der Waals surface area contributed by atoms with Crippen molar-refractivity contribution in [3.63, 3.8) is 0 Å². The normalized spacial score (nSPS) is 11.7. The van der Waals surface area contributed by atoms with Crippen LogP contribution in [0.1, 0.15) is 28.7 Å². The fraction of sp³-hybridized carbons (Fsp3) is 0.250. The second-order valence-corrected chi connectivity index (χ2v) is 4.68. The number of nitriles is 1. The number of hydrogen-bond acceptors (Lipinski definition) is 3. The molecule has 0 radical (unpaired) electrons. The Morgan fingerprint density at radius 1 is 1.15 bits per heavy atom. The molecule has 1 aromatic carbocycles. The Hall–Kier alpha value is -2.54. The van der Waals surface area contributed by atoms with Gasteiger partial charge >= 0.3 is 5.97 Å². The van der Waals surface area contributed by atoms with Crippen LogP contribution in [-0.2, 0) is 4.74 Å². The Kier molecular flexibility index (Phi) is 3.90. The quantitative estimate of drug-likeness (QED) is 0.803. The van der Waals surface area contributed by atoms with E-state index in [0.29, 0.717) is 5.56 Å². The Morgan fingerprint density at radius 2 is 1.70 bits per heavy atom. The minimum atomic E-state index is -0.740. The van der Waals surface area contributed by atoms with Crippen LogP contribution in [-0.4, -0.2) is 16.6 Å². The summed E-state index contributed by atoms with van der Waals surface area (Å²) in [6, 6.07) is 13.1. The molecule has 1 atom stereocenters. The van der Waals surface area contributed by atoms with Gasteiger partial charge in [-0.1, -0.05) is 0 Å². The number of rotatable bonds is 3. The van der Waals surface area contributed by atoms with Crippen LogP contribution in [0.15, 0.2) is 36.4 Å². The van der Waals surface area contributed by atoms with Crippen molar-refractivity contribution in [1.82, 2.24) is 4.57 Å². The van der Waals surface area contributed by atoms with Gasteiger partial charge in [0, 0.05) is 17.1 Å². The fourth-order valence-corrected chi connectivity index (χ4v) is 2.08. The molecule has 0 spiro atoms. The van der Waals surface area contributed by atoms with E-state index in [1.54, 1.807) is 19.1 Å². The lowest BCUT2D eigenvalue weighted by Crippen LogP contribution is -2.13. The van der Waals surface area contributed by atoms with Gasteiger partial charge in [-0.25, -0.2) is 4.79 Å². The van der Waals surface area contributed by atoms with Gasteiger partial charge in [0.25, 0.3) is 0 Å². The topological polar surface area (TPSA) is 55.0 Å². The van der Waals surface area contributed by atoms with E-state index in [2.05, 4.69) is 4.57 Å². The standard InChI is InChI=1S/C16H16N2O2/c1-11-4-5-12(2)18(11)15-8-6-14(7-9-15)16(19)20-13(3)10-17/h4-9,13H,1-3H3/t13-/m0/s1. The molecule has 0 amide bonds. The molecule has 0 bridgehead atoms. The van der Waals surface area contributed by atoms with E-state index in [4.69, 9.17) is 10.00 Å². The van der Waals surface area contributed by atoms with Crippen molar-refractivity contribution in [2.24, 2.45) is 0 Å². The van der Waals surface area contributed by atoms with E-state index >= 15 is 0 Å². The maximum Gasteiger partial charge on any atom is 0.339 e. The van der Waals surface area contributed by atoms with Gasteiger partial charge in [0.15, 0.2) is 6.10 Å². The highest BCUT2D eigenvalue weighted by Gasteiger charge is 2.11. The van der Waals surface area contributed by atoms with Crippen LogP contribution in [0.3, 0.4) is 0 Å². The molecule has 102 valence electrons. The first kappa shape index (κ1) is 13.9. The number of aryl methyl sites for hydroxylation is 2. The van der Waals surface area contributed by atoms with E-state index < -0.39 is 12.1 Å². The van der Waals surface area contributed by atoms with Crippen molar-refractivity contribution < 1.29 is 9.53 Å². The number of carbonyl (C=O) groups excluding carboxylic acids is 1. The molecule has 1 aromatic heterocycles. The molecular formula is C16H16N2O2. The predicted octanol–water partition coefficient (Wildman–Crippen LogP) is 3.16. The second-order valence-electron chi connectivity index (χ2n) is 4.68. The van der Waals surface area contributed by atoms with Crippen LogP contribution >= 0.6 is 0 Å². The Bertz CT molecular complexity index is 643. The smallest absolute Gasteiger partial charge is 0.339 e.